The third kappa shape index (κ3) is 2.16. The van der Waals surface area contributed by atoms with Crippen LogP contribution in [0, 0.1) is 12.8 Å². The number of benzene rings is 1. The molecule has 1 aromatic carbocycles. The molecule has 0 saturated carbocycles. The molecule has 1 saturated heterocycles. The van der Waals surface area contributed by atoms with Crippen molar-refractivity contribution >= 4 is 5.69 Å². The number of hydrogen-bond acceptors (Lipinski definition) is 5. The van der Waals surface area contributed by atoms with Crippen LogP contribution in [0.2, 0.25) is 0 Å². The van der Waals surface area contributed by atoms with Gasteiger partial charge in [0.25, 0.3) is 0 Å². The molecule has 1 aromatic heterocycles. The van der Waals surface area contributed by atoms with E-state index >= 15 is 0 Å². The minimum absolute atomic E-state index is 0.197. The number of tetrazole rings is 1. The van der Waals surface area contributed by atoms with Crippen molar-refractivity contribution in [1.82, 2.24) is 20.2 Å². The lowest BCUT2D eigenvalue weighted by Gasteiger charge is -2.19. The van der Waals surface area contributed by atoms with Crippen molar-refractivity contribution in [3.05, 3.63) is 23.8 Å². The minimum atomic E-state index is 0.197. The lowest BCUT2D eigenvalue weighted by molar-refractivity contribution is 0.173. The van der Waals surface area contributed by atoms with Gasteiger partial charge >= 0.3 is 0 Å². The third-order valence-electron chi connectivity index (χ3n) is 4.09. The third-order valence-corrected chi connectivity index (χ3v) is 4.09. The number of ether oxygens (including phenoxy) is 1. The number of para-hydroxylation sites is 1. The highest BCUT2D eigenvalue weighted by atomic mass is 16.5. The van der Waals surface area contributed by atoms with Gasteiger partial charge in [0.2, 0.25) is 0 Å². The normalized spacial score (nSPS) is 20.2. The van der Waals surface area contributed by atoms with E-state index in [0.29, 0.717) is 5.92 Å². The predicted molar refractivity (Wildman–Crippen MR) is 76.0 cm³/mol. The van der Waals surface area contributed by atoms with Crippen molar-refractivity contribution in [2.75, 3.05) is 18.9 Å². The van der Waals surface area contributed by atoms with E-state index < -0.39 is 0 Å². The summed E-state index contributed by atoms with van der Waals surface area (Å²) in [4.78, 5) is 0. The molecular formula is C14H19N5O. The van der Waals surface area contributed by atoms with Gasteiger partial charge in [0.15, 0.2) is 5.82 Å². The number of nitrogens with zero attached hydrogens (tertiary/aromatic N) is 4. The number of rotatable bonds is 3. The molecule has 2 unspecified atom stereocenters. The van der Waals surface area contributed by atoms with Crippen LogP contribution in [0.3, 0.4) is 0 Å². The number of hydrogen-bond donors (Lipinski definition) is 1. The highest BCUT2D eigenvalue weighted by Gasteiger charge is 2.27. The summed E-state index contributed by atoms with van der Waals surface area (Å²) >= 11 is 0. The smallest absolute Gasteiger partial charge is 0.184 e. The Bertz CT molecular complexity index is 603. The second kappa shape index (κ2) is 5.20. The fraction of sp³-hybridized carbons (Fsp3) is 0.500. The molecule has 0 amide bonds. The Morgan fingerprint density at radius 1 is 1.45 bits per heavy atom. The van der Waals surface area contributed by atoms with E-state index in [-0.39, 0.29) is 6.04 Å². The topological polar surface area (TPSA) is 78.8 Å². The van der Waals surface area contributed by atoms with Crippen LogP contribution >= 0.6 is 0 Å². The lowest BCUT2D eigenvalue weighted by atomic mass is 10.0. The zero-order valence-electron chi connectivity index (χ0n) is 11.8. The Labute approximate surface area is 117 Å². The van der Waals surface area contributed by atoms with Crippen LogP contribution < -0.4 is 5.73 Å². The second-order valence-electron chi connectivity index (χ2n) is 5.35. The van der Waals surface area contributed by atoms with Gasteiger partial charge in [-0.15, -0.1) is 5.10 Å². The molecule has 106 valence electrons. The van der Waals surface area contributed by atoms with Gasteiger partial charge < -0.3 is 10.5 Å². The van der Waals surface area contributed by atoms with Crippen molar-refractivity contribution < 1.29 is 4.74 Å². The van der Waals surface area contributed by atoms with Crippen LogP contribution in [0.15, 0.2) is 18.2 Å². The fourth-order valence-corrected chi connectivity index (χ4v) is 2.65. The van der Waals surface area contributed by atoms with Crippen LogP contribution in [0.5, 0.6) is 0 Å². The first-order chi connectivity index (χ1) is 9.68. The van der Waals surface area contributed by atoms with Gasteiger partial charge in [-0.3, -0.25) is 0 Å². The Kier molecular flexibility index (Phi) is 3.40. The zero-order valence-corrected chi connectivity index (χ0v) is 11.8. The monoisotopic (exact) mass is 273 g/mol. The Hall–Kier alpha value is -1.95. The van der Waals surface area contributed by atoms with E-state index in [2.05, 4.69) is 22.4 Å². The summed E-state index contributed by atoms with van der Waals surface area (Å²) in [6, 6.07) is 6.12. The quantitative estimate of drug-likeness (QED) is 0.863. The molecule has 2 heterocycles. The molecule has 0 radical (unpaired) electrons. The van der Waals surface area contributed by atoms with Crippen molar-refractivity contribution in [1.29, 1.82) is 0 Å². The molecule has 3 rings (SSSR count). The molecule has 6 nitrogen and oxygen atoms in total. The summed E-state index contributed by atoms with van der Waals surface area (Å²) < 4.78 is 7.32. The molecule has 2 atom stereocenters. The molecule has 0 bridgehead atoms. The molecule has 1 aliphatic rings. The highest BCUT2D eigenvalue weighted by Crippen LogP contribution is 2.31. The van der Waals surface area contributed by atoms with Gasteiger partial charge in [-0.2, -0.15) is 0 Å². The Morgan fingerprint density at radius 3 is 3.05 bits per heavy atom. The van der Waals surface area contributed by atoms with Gasteiger partial charge in [0, 0.05) is 23.8 Å². The molecule has 0 spiro atoms. The van der Waals surface area contributed by atoms with Gasteiger partial charge in [0.05, 0.1) is 12.6 Å². The van der Waals surface area contributed by atoms with Gasteiger partial charge in [-0.25, -0.2) is 4.68 Å². The van der Waals surface area contributed by atoms with E-state index in [1.54, 1.807) is 0 Å². The van der Waals surface area contributed by atoms with Crippen molar-refractivity contribution in [3.8, 4) is 11.4 Å². The van der Waals surface area contributed by atoms with Crippen molar-refractivity contribution in [2.24, 2.45) is 5.92 Å². The Morgan fingerprint density at radius 2 is 2.30 bits per heavy atom. The van der Waals surface area contributed by atoms with E-state index in [9.17, 15) is 0 Å². The summed E-state index contributed by atoms with van der Waals surface area (Å²) in [5, 5.41) is 12.1. The van der Waals surface area contributed by atoms with E-state index in [1.165, 1.54) is 0 Å². The van der Waals surface area contributed by atoms with Gasteiger partial charge in [-0.1, -0.05) is 12.1 Å². The van der Waals surface area contributed by atoms with Crippen LogP contribution in [-0.2, 0) is 4.74 Å². The summed E-state index contributed by atoms with van der Waals surface area (Å²) in [6.45, 7) is 5.70. The first-order valence-electron chi connectivity index (χ1n) is 6.89. The fourth-order valence-electron chi connectivity index (χ4n) is 2.65. The minimum Gasteiger partial charge on any atom is -0.398 e. The maximum atomic E-state index is 6.16. The largest absolute Gasteiger partial charge is 0.398 e. The molecule has 6 heteroatoms. The molecule has 1 aliphatic heterocycles. The molecular weight excluding hydrogens is 254 g/mol. The lowest BCUT2D eigenvalue weighted by Crippen LogP contribution is -2.19. The van der Waals surface area contributed by atoms with Crippen molar-refractivity contribution in [2.45, 2.75) is 26.3 Å². The molecule has 20 heavy (non-hydrogen) atoms. The van der Waals surface area contributed by atoms with Crippen LogP contribution in [0.25, 0.3) is 11.4 Å². The summed E-state index contributed by atoms with van der Waals surface area (Å²) in [5.41, 5.74) is 8.82. The first-order valence-corrected chi connectivity index (χ1v) is 6.89. The SMILES string of the molecule is Cc1cccc(-c2nnnn2C(C)C2CCOC2)c1N. The average Bonchev–Trinajstić information content (AvgIpc) is 3.11. The van der Waals surface area contributed by atoms with Crippen LogP contribution in [0.4, 0.5) is 5.69 Å². The van der Waals surface area contributed by atoms with Crippen LogP contribution in [0.1, 0.15) is 24.9 Å². The predicted octanol–water partition coefficient (Wildman–Crippen LogP) is 1.83. The van der Waals surface area contributed by atoms with E-state index in [4.69, 9.17) is 10.5 Å². The average molecular weight is 273 g/mol. The molecule has 1 fully saturated rings. The number of anilines is 1. The number of nitrogens with two attached hydrogens (primary N) is 1. The summed E-state index contributed by atoms with van der Waals surface area (Å²) in [5.74, 6) is 1.17. The number of nitrogen functional groups attached to an aromatic ring is 1. The second-order valence-corrected chi connectivity index (χ2v) is 5.35. The number of aryl methyl sites for hydroxylation is 1. The molecule has 2 N–H and O–H groups in total. The Balaban J connectivity index is 1.99. The van der Waals surface area contributed by atoms with Gasteiger partial charge in [0.1, 0.15) is 0 Å². The summed E-state index contributed by atoms with van der Waals surface area (Å²) in [6.07, 6.45) is 1.05. The molecule has 2 aromatic rings. The van der Waals surface area contributed by atoms with E-state index in [0.717, 1.165) is 42.3 Å². The molecule has 0 aliphatic carbocycles. The zero-order chi connectivity index (χ0) is 14.1. The summed E-state index contributed by atoms with van der Waals surface area (Å²) in [7, 11) is 0. The standard InChI is InChI=1S/C14H19N5O/c1-9-4-3-5-12(13(9)15)14-16-17-18-19(14)10(2)11-6-7-20-8-11/h3-5,10-11H,6-8,15H2,1-2H3. The number of aromatic nitrogens is 4. The first kappa shape index (κ1) is 13.1. The van der Waals surface area contributed by atoms with Crippen LogP contribution in [-0.4, -0.2) is 33.4 Å². The van der Waals surface area contributed by atoms with E-state index in [1.807, 2.05) is 29.8 Å². The maximum Gasteiger partial charge on any atom is 0.184 e. The maximum absolute atomic E-state index is 6.16. The highest BCUT2D eigenvalue weighted by molar-refractivity contribution is 5.74. The van der Waals surface area contributed by atoms with Gasteiger partial charge in [-0.05, 0) is 42.3 Å². The van der Waals surface area contributed by atoms with Crippen molar-refractivity contribution in [3.63, 3.8) is 0 Å².